The first-order chi connectivity index (χ1) is 11.1. The molecule has 1 aromatic carbocycles. The molecular formula is C18H28N2O3S. The molecule has 6 heteroatoms. The minimum absolute atomic E-state index is 0.0247. The molecule has 1 aromatic rings. The zero-order valence-electron chi connectivity index (χ0n) is 15.1. The standard InChI is InChI=1S/C18H28N2O3S/c1-14-8-9-15(17(21)19-13-18(2,3)4)12-16(14)24(22,23)20-10-6-5-7-11-20/h8-9,12H,5-7,10-11,13H2,1-4H3,(H,19,21). The van der Waals surface area contributed by atoms with E-state index in [4.69, 9.17) is 0 Å². The highest BCUT2D eigenvalue weighted by Crippen LogP contribution is 2.24. The minimum atomic E-state index is -3.54. The topological polar surface area (TPSA) is 66.5 Å². The molecule has 0 atom stereocenters. The number of aryl methyl sites for hydroxylation is 1. The molecule has 0 bridgehead atoms. The van der Waals surface area contributed by atoms with Gasteiger partial charge in [-0.05, 0) is 42.9 Å². The fourth-order valence-corrected chi connectivity index (χ4v) is 4.48. The number of nitrogens with one attached hydrogen (secondary N) is 1. The van der Waals surface area contributed by atoms with Gasteiger partial charge in [-0.3, -0.25) is 4.79 Å². The molecule has 0 aliphatic carbocycles. The second kappa shape index (κ2) is 7.23. The number of carbonyl (C=O) groups is 1. The summed E-state index contributed by atoms with van der Waals surface area (Å²) in [6, 6.07) is 4.91. The van der Waals surface area contributed by atoms with Crippen LogP contribution in [-0.2, 0) is 10.0 Å². The smallest absolute Gasteiger partial charge is 0.251 e. The van der Waals surface area contributed by atoms with Crippen molar-refractivity contribution in [2.24, 2.45) is 5.41 Å². The highest BCUT2D eigenvalue weighted by Gasteiger charge is 2.28. The summed E-state index contributed by atoms with van der Waals surface area (Å²) < 4.78 is 27.3. The monoisotopic (exact) mass is 352 g/mol. The van der Waals surface area contributed by atoms with E-state index >= 15 is 0 Å². The minimum Gasteiger partial charge on any atom is -0.352 e. The summed E-state index contributed by atoms with van der Waals surface area (Å²) >= 11 is 0. The third kappa shape index (κ3) is 4.57. The summed E-state index contributed by atoms with van der Waals surface area (Å²) in [5, 5.41) is 2.87. The van der Waals surface area contributed by atoms with Crippen LogP contribution >= 0.6 is 0 Å². The van der Waals surface area contributed by atoms with Crippen LogP contribution in [-0.4, -0.2) is 38.3 Å². The molecule has 1 aliphatic rings. The average molecular weight is 353 g/mol. The van der Waals surface area contributed by atoms with Gasteiger partial charge in [0.1, 0.15) is 0 Å². The quantitative estimate of drug-likeness (QED) is 0.906. The van der Waals surface area contributed by atoms with Crippen molar-refractivity contribution in [3.05, 3.63) is 29.3 Å². The van der Waals surface area contributed by atoms with Gasteiger partial charge >= 0.3 is 0 Å². The largest absolute Gasteiger partial charge is 0.352 e. The Hall–Kier alpha value is -1.40. The normalized spacial score (nSPS) is 16.8. The molecule has 0 aromatic heterocycles. The zero-order valence-corrected chi connectivity index (χ0v) is 15.9. The molecular weight excluding hydrogens is 324 g/mol. The summed E-state index contributed by atoms with van der Waals surface area (Å²) in [7, 11) is -3.54. The number of sulfonamides is 1. The Morgan fingerprint density at radius 1 is 1.17 bits per heavy atom. The van der Waals surface area contributed by atoms with Gasteiger partial charge in [-0.1, -0.05) is 33.3 Å². The van der Waals surface area contributed by atoms with E-state index in [1.165, 1.54) is 10.4 Å². The highest BCUT2D eigenvalue weighted by atomic mass is 32.2. The van der Waals surface area contributed by atoms with Crippen molar-refractivity contribution in [1.29, 1.82) is 0 Å². The van der Waals surface area contributed by atoms with Gasteiger partial charge in [-0.15, -0.1) is 0 Å². The molecule has 0 unspecified atom stereocenters. The Bertz CT molecular complexity index is 699. The van der Waals surface area contributed by atoms with E-state index in [1.54, 1.807) is 19.1 Å². The lowest BCUT2D eigenvalue weighted by atomic mass is 9.97. The molecule has 1 fully saturated rings. The number of rotatable bonds is 4. The van der Waals surface area contributed by atoms with Crippen LogP contribution in [0.2, 0.25) is 0 Å². The summed E-state index contributed by atoms with van der Waals surface area (Å²) in [5.41, 5.74) is 1.04. The van der Waals surface area contributed by atoms with Gasteiger partial charge in [-0.2, -0.15) is 4.31 Å². The number of carbonyl (C=O) groups excluding carboxylic acids is 1. The van der Waals surface area contributed by atoms with Gasteiger partial charge in [-0.25, -0.2) is 8.42 Å². The molecule has 0 spiro atoms. The maximum Gasteiger partial charge on any atom is 0.251 e. The zero-order chi connectivity index (χ0) is 18.0. The Labute approximate surface area is 145 Å². The Morgan fingerprint density at radius 2 is 1.79 bits per heavy atom. The lowest BCUT2D eigenvalue weighted by molar-refractivity contribution is 0.0939. The predicted octanol–water partition coefficient (Wildman–Crippen LogP) is 2.95. The van der Waals surface area contributed by atoms with Gasteiger partial charge in [0, 0.05) is 25.2 Å². The van der Waals surface area contributed by atoms with E-state index in [-0.39, 0.29) is 16.2 Å². The van der Waals surface area contributed by atoms with Gasteiger partial charge in [0.25, 0.3) is 5.91 Å². The first kappa shape index (κ1) is 18.9. The van der Waals surface area contributed by atoms with Crippen molar-refractivity contribution in [2.75, 3.05) is 19.6 Å². The van der Waals surface area contributed by atoms with Crippen molar-refractivity contribution >= 4 is 15.9 Å². The fraction of sp³-hybridized carbons (Fsp3) is 0.611. The molecule has 5 nitrogen and oxygen atoms in total. The van der Waals surface area contributed by atoms with Crippen LogP contribution in [0.4, 0.5) is 0 Å². The van der Waals surface area contributed by atoms with Gasteiger partial charge < -0.3 is 5.32 Å². The maximum atomic E-state index is 12.9. The van der Waals surface area contributed by atoms with E-state index in [9.17, 15) is 13.2 Å². The maximum absolute atomic E-state index is 12.9. The van der Waals surface area contributed by atoms with Crippen LogP contribution in [0, 0.1) is 12.3 Å². The van der Waals surface area contributed by atoms with Crippen LogP contribution in [0.15, 0.2) is 23.1 Å². The van der Waals surface area contributed by atoms with Crippen LogP contribution in [0.3, 0.4) is 0 Å². The van der Waals surface area contributed by atoms with Crippen molar-refractivity contribution < 1.29 is 13.2 Å². The SMILES string of the molecule is Cc1ccc(C(=O)NCC(C)(C)C)cc1S(=O)(=O)N1CCCCC1. The van der Waals surface area contributed by atoms with E-state index in [0.29, 0.717) is 30.8 Å². The fourth-order valence-electron chi connectivity index (χ4n) is 2.71. The molecule has 0 saturated carbocycles. The number of benzene rings is 1. The molecule has 1 N–H and O–H groups in total. The number of hydrogen-bond donors (Lipinski definition) is 1. The van der Waals surface area contributed by atoms with Gasteiger partial charge in [0.2, 0.25) is 10.0 Å². The third-order valence-corrected chi connectivity index (χ3v) is 6.20. The first-order valence-corrected chi connectivity index (χ1v) is 9.94. The molecule has 1 amide bonds. The second-order valence-electron chi connectivity index (χ2n) is 7.69. The van der Waals surface area contributed by atoms with Crippen molar-refractivity contribution in [3.63, 3.8) is 0 Å². The molecule has 24 heavy (non-hydrogen) atoms. The summed E-state index contributed by atoms with van der Waals surface area (Å²) in [4.78, 5) is 12.6. The summed E-state index contributed by atoms with van der Waals surface area (Å²) in [6.45, 7) is 9.53. The Balaban J connectivity index is 2.26. The number of amides is 1. The second-order valence-corrected chi connectivity index (χ2v) is 9.59. The first-order valence-electron chi connectivity index (χ1n) is 8.50. The van der Waals surface area contributed by atoms with E-state index in [2.05, 4.69) is 5.32 Å². The van der Waals surface area contributed by atoms with Gasteiger partial charge in [0.15, 0.2) is 0 Å². The van der Waals surface area contributed by atoms with Crippen LogP contribution in [0.5, 0.6) is 0 Å². The molecule has 2 rings (SSSR count). The highest BCUT2D eigenvalue weighted by molar-refractivity contribution is 7.89. The van der Waals surface area contributed by atoms with Crippen LogP contribution in [0.1, 0.15) is 56.0 Å². The van der Waals surface area contributed by atoms with Crippen LogP contribution < -0.4 is 5.32 Å². The average Bonchev–Trinajstić information content (AvgIpc) is 2.53. The Morgan fingerprint density at radius 3 is 2.38 bits per heavy atom. The lowest BCUT2D eigenvalue weighted by Crippen LogP contribution is -2.36. The lowest BCUT2D eigenvalue weighted by Gasteiger charge is -2.26. The summed E-state index contributed by atoms with van der Waals surface area (Å²) in [6.07, 6.45) is 2.86. The molecule has 1 saturated heterocycles. The van der Waals surface area contributed by atoms with Gasteiger partial charge in [0.05, 0.1) is 4.90 Å². The molecule has 0 radical (unpaired) electrons. The molecule has 134 valence electrons. The van der Waals surface area contributed by atoms with E-state index < -0.39 is 10.0 Å². The summed E-state index contributed by atoms with van der Waals surface area (Å²) in [5.74, 6) is -0.236. The number of nitrogens with zero attached hydrogens (tertiary/aromatic N) is 1. The third-order valence-electron chi connectivity index (χ3n) is 4.16. The van der Waals surface area contributed by atoms with E-state index in [0.717, 1.165) is 19.3 Å². The van der Waals surface area contributed by atoms with Crippen molar-refractivity contribution in [1.82, 2.24) is 9.62 Å². The molecule has 1 heterocycles. The molecule has 1 aliphatic heterocycles. The van der Waals surface area contributed by atoms with Crippen molar-refractivity contribution in [3.8, 4) is 0 Å². The Kier molecular flexibility index (Phi) is 5.71. The van der Waals surface area contributed by atoms with Crippen molar-refractivity contribution in [2.45, 2.75) is 51.9 Å². The number of hydrogen-bond acceptors (Lipinski definition) is 3. The number of piperidine rings is 1. The van der Waals surface area contributed by atoms with Crippen LogP contribution in [0.25, 0.3) is 0 Å². The predicted molar refractivity (Wildman–Crippen MR) is 95.6 cm³/mol. The van der Waals surface area contributed by atoms with E-state index in [1.807, 2.05) is 20.8 Å².